The number of rotatable bonds is 9. The first-order chi connectivity index (χ1) is 15.4. The molecule has 0 bridgehead atoms. The molecule has 1 aromatic rings. The molecule has 0 aliphatic heterocycles. The Kier molecular flexibility index (Phi) is 9.52. The number of hydrogen-bond donors (Lipinski definition) is 0. The quantitative estimate of drug-likeness (QED) is 0.253. The fourth-order valence-corrected chi connectivity index (χ4v) is 7.37. The summed E-state index contributed by atoms with van der Waals surface area (Å²) in [4.78, 5) is 0. The van der Waals surface area contributed by atoms with Crippen LogP contribution in [0.5, 0.6) is 0 Å². The van der Waals surface area contributed by atoms with Crippen molar-refractivity contribution >= 4 is 9.52 Å². The maximum atomic E-state index is 14.0. The highest BCUT2D eigenvalue weighted by Gasteiger charge is 2.39. The molecule has 178 valence electrons. The van der Waals surface area contributed by atoms with E-state index in [2.05, 4.69) is 32.5 Å². The van der Waals surface area contributed by atoms with Crippen molar-refractivity contribution in [3.63, 3.8) is 0 Å². The van der Waals surface area contributed by atoms with E-state index in [1.165, 1.54) is 50.7 Å². The molecule has 0 amide bonds. The lowest BCUT2D eigenvalue weighted by Crippen LogP contribution is -2.34. The van der Waals surface area contributed by atoms with Gasteiger partial charge in [0.2, 0.25) is 0 Å². The van der Waals surface area contributed by atoms with Gasteiger partial charge in [0.25, 0.3) is 6.43 Å². The molecule has 0 nitrogen and oxygen atoms in total. The predicted octanol–water partition coefficient (Wildman–Crippen LogP) is 9.52. The minimum atomic E-state index is -2.74. The van der Waals surface area contributed by atoms with Crippen molar-refractivity contribution in [3.05, 3.63) is 47.3 Å². The van der Waals surface area contributed by atoms with Crippen LogP contribution in [0.3, 0.4) is 0 Å². The highest BCUT2D eigenvalue weighted by Crippen LogP contribution is 2.51. The summed E-state index contributed by atoms with van der Waals surface area (Å²) in [7, 11) is 1.09. The van der Waals surface area contributed by atoms with E-state index in [-0.39, 0.29) is 0 Å². The molecule has 0 aromatic heterocycles. The zero-order valence-corrected chi connectivity index (χ0v) is 21.2. The van der Waals surface area contributed by atoms with Gasteiger partial charge in [-0.25, -0.2) is 13.2 Å². The first-order valence-corrected chi connectivity index (χ1v) is 14.4. The van der Waals surface area contributed by atoms with Crippen molar-refractivity contribution in [2.45, 2.75) is 109 Å². The van der Waals surface area contributed by atoms with Crippen LogP contribution in [0.1, 0.15) is 108 Å². The Morgan fingerprint density at radius 3 is 2.47 bits per heavy atom. The van der Waals surface area contributed by atoms with Crippen molar-refractivity contribution in [1.82, 2.24) is 0 Å². The molecule has 2 fully saturated rings. The van der Waals surface area contributed by atoms with Crippen LogP contribution < -0.4 is 0 Å². The van der Waals surface area contributed by atoms with E-state index in [9.17, 15) is 13.2 Å². The van der Waals surface area contributed by atoms with Gasteiger partial charge in [-0.15, -0.1) is 0 Å². The normalized spacial score (nSPS) is 31.5. The van der Waals surface area contributed by atoms with E-state index >= 15 is 0 Å². The minimum absolute atomic E-state index is 0.305. The first kappa shape index (κ1) is 25.6. The largest absolute Gasteiger partial charge is 0.266 e. The Balaban J connectivity index is 1.47. The number of benzene rings is 1. The van der Waals surface area contributed by atoms with Gasteiger partial charge in [-0.3, -0.25) is 0 Å². The average molecular weight is 463 g/mol. The number of hydrogen-bond acceptors (Lipinski definition) is 0. The molecule has 0 saturated heterocycles. The third-order valence-corrected chi connectivity index (χ3v) is 9.91. The molecule has 3 rings (SSSR count). The molecule has 2 saturated carbocycles. The highest BCUT2D eigenvalue weighted by atomic mass is 28.2. The van der Waals surface area contributed by atoms with Crippen molar-refractivity contribution in [2.75, 3.05) is 0 Å². The van der Waals surface area contributed by atoms with Crippen LogP contribution in [-0.4, -0.2) is 9.52 Å². The van der Waals surface area contributed by atoms with Gasteiger partial charge < -0.3 is 0 Å². The van der Waals surface area contributed by atoms with E-state index in [0.717, 1.165) is 58.6 Å². The smallest absolute Gasteiger partial charge is 0.206 e. The maximum Gasteiger partial charge on any atom is 0.266 e. The van der Waals surface area contributed by atoms with Gasteiger partial charge in [-0.2, -0.15) is 0 Å². The Hall–Kier alpha value is -1.03. The molecule has 0 heterocycles. The second-order valence-electron chi connectivity index (χ2n) is 10.5. The summed E-state index contributed by atoms with van der Waals surface area (Å²) in [5, 5.41) is 0. The highest BCUT2D eigenvalue weighted by molar-refractivity contribution is 6.35. The second-order valence-corrected chi connectivity index (χ2v) is 11.9. The molecular weight excluding hydrogens is 421 g/mol. The van der Waals surface area contributed by atoms with E-state index in [0.29, 0.717) is 17.3 Å². The molecule has 2 aliphatic carbocycles. The fourth-order valence-electron chi connectivity index (χ4n) is 6.35. The zero-order valence-electron chi connectivity index (χ0n) is 20.2. The second kappa shape index (κ2) is 11.9. The molecule has 0 unspecified atom stereocenters. The summed E-state index contributed by atoms with van der Waals surface area (Å²) in [5.74, 6) is 1.07. The van der Waals surface area contributed by atoms with Crippen molar-refractivity contribution in [2.24, 2.45) is 17.3 Å². The lowest BCUT2D eigenvalue weighted by molar-refractivity contribution is 0.0970. The van der Waals surface area contributed by atoms with Crippen molar-refractivity contribution in [1.29, 1.82) is 0 Å². The van der Waals surface area contributed by atoms with Crippen LogP contribution >= 0.6 is 0 Å². The van der Waals surface area contributed by atoms with Crippen LogP contribution in [0, 0.1) is 23.1 Å². The van der Waals surface area contributed by atoms with E-state index in [4.69, 9.17) is 0 Å². The van der Waals surface area contributed by atoms with Crippen LogP contribution in [0.25, 0.3) is 0 Å². The van der Waals surface area contributed by atoms with Gasteiger partial charge in [0.1, 0.15) is 5.82 Å². The van der Waals surface area contributed by atoms with Crippen LogP contribution in [0.2, 0.25) is 12.1 Å². The van der Waals surface area contributed by atoms with Gasteiger partial charge >= 0.3 is 0 Å². The average Bonchev–Trinajstić information content (AvgIpc) is 2.78. The monoisotopic (exact) mass is 462 g/mol. The lowest BCUT2D eigenvalue weighted by atomic mass is 9.62. The minimum Gasteiger partial charge on any atom is -0.206 e. The van der Waals surface area contributed by atoms with Gasteiger partial charge in [0, 0.05) is 9.52 Å². The fraction of sp³-hybridized carbons (Fsp3) is 0.714. The summed E-state index contributed by atoms with van der Waals surface area (Å²) in [6.07, 6.45) is 15.7. The Morgan fingerprint density at radius 1 is 1.12 bits per heavy atom. The number of allylic oxidation sites excluding steroid dienone is 2. The van der Waals surface area contributed by atoms with Gasteiger partial charge in [-0.05, 0) is 91.7 Å². The van der Waals surface area contributed by atoms with Gasteiger partial charge in [0.15, 0.2) is 0 Å². The molecule has 32 heavy (non-hydrogen) atoms. The standard InChI is InChI=1S/C28H41F3Si/c1-4-15-28(17-14-24(32-3)18-20(28)2)16-6-5-7-21-8-10-22(11-9-21)23-12-13-25(27(30)31)26(29)19-23/h5-6,12-13,19-22,24,27H,4,7-11,14-18H2,1-3H3/b6-5-/t20-,21?,22?,24-,28-/m1/s1. The molecule has 3 atom stereocenters. The van der Waals surface area contributed by atoms with E-state index in [1.54, 1.807) is 6.07 Å². The molecule has 0 spiro atoms. The molecule has 2 radical (unpaired) electrons. The molecule has 0 N–H and O–H groups in total. The topological polar surface area (TPSA) is 0 Å². The molecule has 2 aliphatic rings. The Labute approximate surface area is 196 Å². The first-order valence-electron chi connectivity index (χ1n) is 12.8. The molecular formula is C28H41F3Si. The summed E-state index contributed by atoms with van der Waals surface area (Å²) < 4.78 is 39.5. The zero-order chi connectivity index (χ0) is 23.1. The maximum absolute atomic E-state index is 14.0. The van der Waals surface area contributed by atoms with Crippen molar-refractivity contribution < 1.29 is 13.2 Å². The van der Waals surface area contributed by atoms with E-state index < -0.39 is 17.8 Å². The third kappa shape index (κ3) is 6.30. The summed E-state index contributed by atoms with van der Waals surface area (Å²) in [5.41, 5.74) is 1.87. The molecule has 4 heteroatoms. The van der Waals surface area contributed by atoms with Gasteiger partial charge in [-0.1, -0.05) is 63.9 Å². The third-order valence-electron chi connectivity index (χ3n) is 8.57. The summed E-state index contributed by atoms with van der Waals surface area (Å²) in [6, 6.07) is 4.32. The van der Waals surface area contributed by atoms with E-state index in [1.807, 2.05) is 0 Å². The Morgan fingerprint density at radius 2 is 1.88 bits per heavy atom. The summed E-state index contributed by atoms with van der Waals surface area (Å²) >= 11 is 0. The number of alkyl halides is 2. The van der Waals surface area contributed by atoms with Crippen molar-refractivity contribution in [3.8, 4) is 0 Å². The predicted molar refractivity (Wildman–Crippen MR) is 130 cm³/mol. The SMILES string of the molecule is CCC[C@@]1(C/C=C\CC2CCC(c3ccc(C(F)F)c(F)c3)CC2)CC[C@@H]([Si]C)C[C@H]1C. The summed E-state index contributed by atoms with van der Waals surface area (Å²) in [6.45, 7) is 7.19. The number of halogens is 3. The van der Waals surface area contributed by atoms with Gasteiger partial charge in [0.05, 0.1) is 5.56 Å². The van der Waals surface area contributed by atoms with Crippen LogP contribution in [0.15, 0.2) is 30.4 Å². The van der Waals surface area contributed by atoms with Crippen LogP contribution in [0.4, 0.5) is 13.2 Å². The molecule has 1 aromatic carbocycles. The van der Waals surface area contributed by atoms with Crippen LogP contribution in [-0.2, 0) is 0 Å². The lowest BCUT2D eigenvalue weighted by Gasteiger charge is -2.45. The Bertz CT molecular complexity index is 738.